The van der Waals surface area contributed by atoms with Gasteiger partial charge in [-0.05, 0) is 83.0 Å². The monoisotopic (exact) mass is 579 g/mol. The lowest BCUT2D eigenvalue weighted by atomic mass is 10.1. The number of nitrogens with one attached hydrogen (secondary N) is 1. The number of carbonyl (C=O) groups excluding carboxylic acids is 2. The van der Waals surface area contributed by atoms with Crippen LogP contribution in [0.25, 0.3) is 0 Å². The summed E-state index contributed by atoms with van der Waals surface area (Å²) in [6.07, 6.45) is 0.354. The van der Waals surface area contributed by atoms with Crippen molar-refractivity contribution < 1.29 is 22.7 Å². The van der Waals surface area contributed by atoms with Crippen LogP contribution in [0.3, 0.4) is 0 Å². The lowest BCUT2D eigenvalue weighted by molar-refractivity contribution is -0.141. The maximum atomic E-state index is 14.1. The molecule has 0 unspecified atom stereocenters. The Hall–Kier alpha value is -3.85. The van der Waals surface area contributed by atoms with E-state index in [0.29, 0.717) is 17.9 Å². The fraction of sp³-hybridized carbons (Fsp3) is 0.375. The third-order valence-electron chi connectivity index (χ3n) is 6.61. The predicted octanol–water partition coefficient (Wildman–Crippen LogP) is 5.23. The van der Waals surface area contributed by atoms with Crippen LogP contribution < -0.4 is 14.4 Å². The zero-order valence-electron chi connectivity index (χ0n) is 25.0. The van der Waals surface area contributed by atoms with E-state index in [9.17, 15) is 18.0 Å². The van der Waals surface area contributed by atoms with Crippen molar-refractivity contribution >= 4 is 27.5 Å². The molecule has 0 fully saturated rings. The molecule has 8 nitrogen and oxygen atoms in total. The summed E-state index contributed by atoms with van der Waals surface area (Å²) in [5.74, 6) is -0.232. The highest BCUT2D eigenvalue weighted by atomic mass is 32.2. The number of nitrogens with zero attached hydrogens (tertiary/aromatic N) is 2. The minimum absolute atomic E-state index is 0.0642. The van der Waals surface area contributed by atoms with Crippen molar-refractivity contribution in [1.82, 2.24) is 10.2 Å². The second-order valence-corrected chi connectivity index (χ2v) is 13.1. The largest absolute Gasteiger partial charge is 0.497 e. The van der Waals surface area contributed by atoms with Crippen LogP contribution in [0, 0.1) is 13.8 Å². The zero-order valence-corrected chi connectivity index (χ0v) is 25.8. The van der Waals surface area contributed by atoms with Crippen molar-refractivity contribution in [3.05, 3.63) is 89.5 Å². The summed E-state index contributed by atoms with van der Waals surface area (Å²) in [4.78, 5) is 29.1. The van der Waals surface area contributed by atoms with Gasteiger partial charge in [-0.15, -0.1) is 0 Å². The lowest BCUT2D eigenvalue weighted by Crippen LogP contribution is -2.55. The third kappa shape index (κ3) is 8.33. The van der Waals surface area contributed by atoms with Gasteiger partial charge in [0.1, 0.15) is 18.3 Å². The van der Waals surface area contributed by atoms with Crippen molar-refractivity contribution in [3.8, 4) is 5.75 Å². The van der Waals surface area contributed by atoms with Crippen LogP contribution in [0.2, 0.25) is 0 Å². The molecule has 3 rings (SSSR count). The summed E-state index contributed by atoms with van der Waals surface area (Å²) < 4.78 is 34.3. The van der Waals surface area contributed by atoms with Crippen molar-refractivity contribution in [2.24, 2.45) is 0 Å². The SMILES string of the molecule is CC[C@@H](C(=O)NC(C)(C)C)N(Cc1ccc(C)cc1)C(=O)CN(c1ccc(OC)cc1)S(=O)(=O)c1ccc(C)cc1. The molecule has 0 radical (unpaired) electrons. The van der Waals surface area contributed by atoms with Crippen LogP contribution in [0.15, 0.2) is 77.7 Å². The highest BCUT2D eigenvalue weighted by molar-refractivity contribution is 7.92. The van der Waals surface area contributed by atoms with Crippen molar-refractivity contribution in [3.63, 3.8) is 0 Å². The van der Waals surface area contributed by atoms with Crippen LogP contribution in [-0.4, -0.2) is 50.4 Å². The number of carbonyl (C=O) groups is 2. The lowest BCUT2D eigenvalue weighted by Gasteiger charge is -2.34. The number of anilines is 1. The van der Waals surface area contributed by atoms with Gasteiger partial charge in [-0.3, -0.25) is 13.9 Å². The Balaban J connectivity index is 2.07. The Bertz CT molecular complexity index is 1430. The first kappa shape index (κ1) is 31.7. The summed E-state index contributed by atoms with van der Waals surface area (Å²) in [6, 6.07) is 19.9. The molecule has 0 aromatic heterocycles. The minimum atomic E-state index is -4.13. The van der Waals surface area contributed by atoms with Crippen molar-refractivity contribution in [1.29, 1.82) is 0 Å². The van der Waals surface area contributed by atoms with Gasteiger partial charge in [0.25, 0.3) is 10.0 Å². The smallest absolute Gasteiger partial charge is 0.264 e. The Labute approximate surface area is 244 Å². The first-order valence-corrected chi connectivity index (χ1v) is 15.1. The molecule has 0 saturated carbocycles. The average Bonchev–Trinajstić information content (AvgIpc) is 2.92. The number of aryl methyl sites for hydroxylation is 2. The van der Waals surface area contributed by atoms with Gasteiger partial charge in [0, 0.05) is 12.1 Å². The summed E-state index contributed by atoms with van der Waals surface area (Å²) >= 11 is 0. The Morgan fingerprint density at radius 2 is 1.41 bits per heavy atom. The van der Waals surface area contributed by atoms with Gasteiger partial charge >= 0.3 is 0 Å². The van der Waals surface area contributed by atoms with Crippen LogP contribution in [0.4, 0.5) is 5.69 Å². The number of sulfonamides is 1. The maximum Gasteiger partial charge on any atom is 0.264 e. The van der Waals surface area contributed by atoms with E-state index in [1.807, 2.05) is 65.8 Å². The van der Waals surface area contributed by atoms with E-state index >= 15 is 0 Å². The summed E-state index contributed by atoms with van der Waals surface area (Å²) in [7, 11) is -2.61. The van der Waals surface area contributed by atoms with Crippen molar-refractivity contribution in [2.75, 3.05) is 18.0 Å². The van der Waals surface area contributed by atoms with Gasteiger partial charge in [0.2, 0.25) is 11.8 Å². The minimum Gasteiger partial charge on any atom is -0.497 e. The molecule has 2 amide bonds. The van der Waals surface area contributed by atoms with E-state index in [0.717, 1.165) is 21.0 Å². The molecule has 3 aromatic carbocycles. The topological polar surface area (TPSA) is 96.0 Å². The summed E-state index contributed by atoms with van der Waals surface area (Å²) in [5.41, 5.74) is 2.62. The van der Waals surface area contributed by atoms with E-state index in [2.05, 4.69) is 5.32 Å². The molecule has 3 aromatic rings. The molecule has 0 saturated heterocycles. The molecule has 220 valence electrons. The highest BCUT2D eigenvalue weighted by Gasteiger charge is 2.34. The number of benzene rings is 3. The van der Waals surface area contributed by atoms with Gasteiger partial charge in [0.05, 0.1) is 17.7 Å². The molecule has 0 aliphatic rings. The van der Waals surface area contributed by atoms with Crippen LogP contribution >= 0.6 is 0 Å². The van der Waals surface area contributed by atoms with E-state index in [1.165, 1.54) is 24.1 Å². The number of ether oxygens (including phenoxy) is 1. The molecule has 0 aliphatic carbocycles. The number of methoxy groups -OCH3 is 1. The standard InChI is InChI=1S/C32H41N3O5S/c1-8-29(31(37)33-32(4,5)6)34(21-25-13-9-23(2)10-14-25)30(36)22-35(26-15-17-27(40-7)18-16-26)41(38,39)28-19-11-24(3)12-20-28/h9-20,29H,8,21-22H2,1-7H3,(H,33,37)/t29-/m0/s1. The van der Waals surface area contributed by atoms with E-state index < -0.39 is 34.1 Å². The van der Waals surface area contributed by atoms with Gasteiger partial charge in [-0.2, -0.15) is 0 Å². The Morgan fingerprint density at radius 1 is 0.878 bits per heavy atom. The van der Waals surface area contributed by atoms with Crippen LogP contribution in [0.1, 0.15) is 50.8 Å². The summed E-state index contributed by atoms with van der Waals surface area (Å²) in [6.45, 7) is 11.0. The van der Waals surface area contributed by atoms with Crippen LogP contribution in [-0.2, 0) is 26.2 Å². The Morgan fingerprint density at radius 3 is 1.90 bits per heavy atom. The molecular weight excluding hydrogens is 538 g/mol. The molecular formula is C32H41N3O5S. The second kappa shape index (κ2) is 13.2. The quantitative estimate of drug-likeness (QED) is 0.336. The molecule has 1 N–H and O–H groups in total. The molecule has 0 heterocycles. The fourth-order valence-electron chi connectivity index (χ4n) is 4.38. The van der Waals surface area contributed by atoms with Crippen LogP contribution in [0.5, 0.6) is 5.75 Å². The van der Waals surface area contributed by atoms with E-state index in [4.69, 9.17) is 4.74 Å². The zero-order chi connectivity index (χ0) is 30.4. The number of amides is 2. The summed E-state index contributed by atoms with van der Waals surface area (Å²) in [5, 5.41) is 2.98. The number of hydrogen-bond acceptors (Lipinski definition) is 5. The molecule has 0 aliphatic heterocycles. The number of rotatable bonds is 11. The van der Waals surface area contributed by atoms with Gasteiger partial charge in [-0.25, -0.2) is 8.42 Å². The number of hydrogen-bond donors (Lipinski definition) is 1. The predicted molar refractivity (Wildman–Crippen MR) is 162 cm³/mol. The van der Waals surface area contributed by atoms with Crippen molar-refractivity contribution in [2.45, 2.75) is 71.0 Å². The van der Waals surface area contributed by atoms with E-state index in [-0.39, 0.29) is 17.3 Å². The maximum absolute atomic E-state index is 14.1. The molecule has 9 heteroatoms. The molecule has 41 heavy (non-hydrogen) atoms. The highest BCUT2D eigenvalue weighted by Crippen LogP contribution is 2.27. The first-order valence-electron chi connectivity index (χ1n) is 13.7. The van der Waals surface area contributed by atoms with Gasteiger partial charge in [0.15, 0.2) is 0 Å². The molecule has 0 bridgehead atoms. The van der Waals surface area contributed by atoms with Gasteiger partial charge < -0.3 is 15.0 Å². The van der Waals surface area contributed by atoms with Gasteiger partial charge in [-0.1, -0.05) is 54.4 Å². The first-order chi connectivity index (χ1) is 19.2. The average molecular weight is 580 g/mol. The Kier molecular flexibility index (Phi) is 10.2. The molecule has 0 spiro atoms. The molecule has 1 atom stereocenters. The fourth-order valence-corrected chi connectivity index (χ4v) is 5.79. The van der Waals surface area contributed by atoms with E-state index in [1.54, 1.807) is 36.4 Å². The second-order valence-electron chi connectivity index (χ2n) is 11.2. The third-order valence-corrected chi connectivity index (χ3v) is 8.39. The normalized spacial score (nSPS) is 12.4.